The highest BCUT2D eigenvalue weighted by molar-refractivity contribution is 9.10. The molecule has 7 nitrogen and oxygen atoms in total. The van der Waals surface area contributed by atoms with Gasteiger partial charge in [0.25, 0.3) is 0 Å². The lowest BCUT2D eigenvalue weighted by Crippen LogP contribution is -2.29. The van der Waals surface area contributed by atoms with Crippen LogP contribution in [0, 0.1) is 12.8 Å². The van der Waals surface area contributed by atoms with Gasteiger partial charge in [-0.2, -0.15) is 0 Å². The summed E-state index contributed by atoms with van der Waals surface area (Å²) < 4.78 is 16.2. The zero-order valence-corrected chi connectivity index (χ0v) is 17.8. The summed E-state index contributed by atoms with van der Waals surface area (Å²) >= 11 is 3.43. The predicted octanol–water partition coefficient (Wildman–Crippen LogP) is 2.87. The largest absolute Gasteiger partial charge is 0.466 e. The van der Waals surface area contributed by atoms with E-state index in [1.54, 1.807) is 13.8 Å². The van der Waals surface area contributed by atoms with Crippen LogP contribution >= 0.6 is 15.9 Å². The fraction of sp³-hybridized carbons (Fsp3) is 0.579. The van der Waals surface area contributed by atoms with Crippen LogP contribution in [0.5, 0.6) is 0 Å². The maximum absolute atomic E-state index is 12.0. The van der Waals surface area contributed by atoms with Gasteiger partial charge in [0.2, 0.25) is 0 Å². The molecule has 8 heteroatoms. The van der Waals surface area contributed by atoms with Crippen molar-refractivity contribution in [1.29, 1.82) is 0 Å². The summed E-state index contributed by atoms with van der Waals surface area (Å²) in [6, 6.07) is 1.82. The van der Waals surface area contributed by atoms with Gasteiger partial charge in [0.1, 0.15) is 6.61 Å². The van der Waals surface area contributed by atoms with E-state index in [1.165, 1.54) is 6.92 Å². The molecule has 1 unspecified atom stereocenters. The number of hydrogen-bond acceptors (Lipinski definition) is 7. The Morgan fingerprint density at radius 1 is 1.26 bits per heavy atom. The normalized spacial score (nSPS) is 13.1. The molecular formula is C19H28BrNO6. The topological polar surface area (TPSA) is 108 Å². The molecule has 2 atom stereocenters. The standard InChI is InChI=1S/C19H28BrNO6/c1-5-25-17(23)9-14(19(24)26-6-2)7-13-8-16(20)18(21)11(3)15(13)10-27-12(4)22/h8,14,19,24H,5-7,9-10,21H2,1-4H3/t14-,19?/m0/s1. The van der Waals surface area contributed by atoms with Gasteiger partial charge in [-0.1, -0.05) is 0 Å². The molecule has 0 aliphatic rings. The smallest absolute Gasteiger partial charge is 0.306 e. The number of carbonyl (C=O) groups excluding carboxylic acids is 2. The fourth-order valence-electron chi connectivity index (χ4n) is 2.75. The number of hydrogen-bond donors (Lipinski definition) is 2. The minimum absolute atomic E-state index is 0.00303. The van der Waals surface area contributed by atoms with E-state index in [9.17, 15) is 14.7 Å². The maximum Gasteiger partial charge on any atom is 0.306 e. The van der Waals surface area contributed by atoms with Crippen molar-refractivity contribution in [2.75, 3.05) is 18.9 Å². The molecule has 152 valence electrons. The Morgan fingerprint density at radius 2 is 1.93 bits per heavy atom. The zero-order chi connectivity index (χ0) is 20.6. The summed E-state index contributed by atoms with van der Waals surface area (Å²) in [6.45, 7) is 7.29. The molecule has 0 saturated heterocycles. The number of benzene rings is 1. The summed E-state index contributed by atoms with van der Waals surface area (Å²) in [5.74, 6) is -1.33. The van der Waals surface area contributed by atoms with Crippen molar-refractivity contribution in [1.82, 2.24) is 0 Å². The van der Waals surface area contributed by atoms with Crippen molar-refractivity contribution in [2.45, 2.75) is 53.4 Å². The van der Waals surface area contributed by atoms with Gasteiger partial charge in [-0.3, -0.25) is 9.59 Å². The fourth-order valence-corrected chi connectivity index (χ4v) is 3.33. The molecule has 0 spiro atoms. The highest BCUT2D eigenvalue weighted by Crippen LogP contribution is 2.32. The van der Waals surface area contributed by atoms with Gasteiger partial charge in [-0.05, 0) is 65.9 Å². The Bertz CT molecular complexity index is 664. The first-order valence-electron chi connectivity index (χ1n) is 8.86. The first-order valence-corrected chi connectivity index (χ1v) is 9.65. The molecule has 0 fully saturated rings. The molecule has 3 N–H and O–H groups in total. The molecule has 1 aromatic rings. The molecule has 0 radical (unpaired) electrons. The summed E-state index contributed by atoms with van der Waals surface area (Å²) in [5.41, 5.74) is 8.97. The quantitative estimate of drug-likeness (QED) is 0.323. The highest BCUT2D eigenvalue weighted by atomic mass is 79.9. The van der Waals surface area contributed by atoms with E-state index in [2.05, 4.69) is 15.9 Å². The van der Waals surface area contributed by atoms with E-state index in [-0.39, 0.29) is 19.6 Å². The Hall–Kier alpha value is -1.64. The molecule has 0 aromatic heterocycles. The number of anilines is 1. The van der Waals surface area contributed by atoms with E-state index >= 15 is 0 Å². The average molecular weight is 446 g/mol. The molecule has 0 amide bonds. The van der Waals surface area contributed by atoms with Gasteiger partial charge < -0.3 is 25.1 Å². The van der Waals surface area contributed by atoms with Crippen molar-refractivity contribution in [3.8, 4) is 0 Å². The van der Waals surface area contributed by atoms with Crippen molar-refractivity contribution >= 4 is 33.6 Å². The van der Waals surface area contributed by atoms with Gasteiger partial charge in [0, 0.05) is 29.6 Å². The lowest BCUT2D eigenvalue weighted by Gasteiger charge is -2.24. The van der Waals surface area contributed by atoms with Gasteiger partial charge in [-0.25, -0.2) is 0 Å². The van der Waals surface area contributed by atoms with Crippen LogP contribution in [0.2, 0.25) is 0 Å². The number of carbonyl (C=O) groups is 2. The Labute approximate surface area is 168 Å². The van der Waals surface area contributed by atoms with E-state index in [0.717, 1.165) is 16.7 Å². The molecule has 0 saturated carbocycles. The Morgan fingerprint density at radius 3 is 2.48 bits per heavy atom. The molecule has 0 aliphatic carbocycles. The van der Waals surface area contributed by atoms with Crippen LogP contribution in [0.3, 0.4) is 0 Å². The van der Waals surface area contributed by atoms with Crippen molar-refractivity contribution < 1.29 is 28.9 Å². The van der Waals surface area contributed by atoms with Crippen molar-refractivity contribution in [3.05, 3.63) is 27.2 Å². The summed E-state index contributed by atoms with van der Waals surface area (Å²) in [4.78, 5) is 23.2. The van der Waals surface area contributed by atoms with E-state index < -0.39 is 24.1 Å². The second kappa shape index (κ2) is 11.3. The highest BCUT2D eigenvalue weighted by Gasteiger charge is 2.26. The molecule has 0 aliphatic heterocycles. The zero-order valence-electron chi connectivity index (χ0n) is 16.2. The molecular weight excluding hydrogens is 418 g/mol. The Balaban J connectivity index is 3.20. The van der Waals surface area contributed by atoms with Crippen LogP contribution < -0.4 is 5.73 Å². The van der Waals surface area contributed by atoms with Gasteiger partial charge in [0.15, 0.2) is 6.29 Å². The number of esters is 2. The number of nitrogens with two attached hydrogens (primary N) is 1. The number of aliphatic hydroxyl groups excluding tert-OH is 1. The van der Waals surface area contributed by atoms with E-state index in [1.807, 2.05) is 13.0 Å². The number of ether oxygens (including phenoxy) is 3. The maximum atomic E-state index is 12.0. The van der Waals surface area contributed by atoms with Crippen LogP contribution in [-0.2, 0) is 36.8 Å². The molecule has 1 aromatic carbocycles. The lowest BCUT2D eigenvalue weighted by atomic mass is 9.90. The average Bonchev–Trinajstić information content (AvgIpc) is 2.59. The van der Waals surface area contributed by atoms with E-state index in [0.29, 0.717) is 23.2 Å². The van der Waals surface area contributed by atoms with Gasteiger partial charge in [-0.15, -0.1) is 0 Å². The summed E-state index contributed by atoms with van der Waals surface area (Å²) in [5, 5.41) is 10.3. The first-order chi connectivity index (χ1) is 12.7. The number of nitrogen functional groups attached to an aromatic ring is 1. The van der Waals surface area contributed by atoms with Crippen LogP contribution in [-0.4, -0.2) is 36.5 Å². The van der Waals surface area contributed by atoms with Crippen LogP contribution in [0.25, 0.3) is 0 Å². The van der Waals surface area contributed by atoms with Crippen molar-refractivity contribution in [3.63, 3.8) is 0 Å². The first kappa shape index (κ1) is 23.4. The van der Waals surface area contributed by atoms with Crippen LogP contribution in [0.15, 0.2) is 10.5 Å². The third-order valence-corrected chi connectivity index (χ3v) is 4.84. The predicted molar refractivity (Wildman–Crippen MR) is 105 cm³/mol. The molecule has 27 heavy (non-hydrogen) atoms. The van der Waals surface area contributed by atoms with Gasteiger partial charge in [0.05, 0.1) is 13.0 Å². The minimum Gasteiger partial charge on any atom is -0.466 e. The lowest BCUT2D eigenvalue weighted by molar-refractivity contribution is -0.157. The van der Waals surface area contributed by atoms with Gasteiger partial charge >= 0.3 is 11.9 Å². The van der Waals surface area contributed by atoms with Crippen LogP contribution in [0.4, 0.5) is 5.69 Å². The second-order valence-corrected chi connectivity index (χ2v) is 6.99. The summed E-state index contributed by atoms with van der Waals surface area (Å²) in [6.07, 6.45) is -0.795. The minimum atomic E-state index is -1.13. The SMILES string of the molecule is CCOC(=O)C[C@H](Cc1cc(Br)c(N)c(C)c1COC(C)=O)C(O)OCC. The third kappa shape index (κ3) is 7.12. The number of halogens is 1. The molecule has 0 heterocycles. The van der Waals surface area contributed by atoms with E-state index in [4.69, 9.17) is 19.9 Å². The second-order valence-electron chi connectivity index (χ2n) is 6.13. The molecule has 1 rings (SSSR count). The summed E-state index contributed by atoms with van der Waals surface area (Å²) in [7, 11) is 0. The Kier molecular flexibility index (Phi) is 9.76. The third-order valence-electron chi connectivity index (χ3n) is 4.18. The van der Waals surface area contributed by atoms with Crippen LogP contribution in [0.1, 0.15) is 43.9 Å². The monoisotopic (exact) mass is 445 g/mol. The number of aliphatic hydroxyl groups is 1. The molecule has 0 bridgehead atoms. The number of rotatable bonds is 10. The van der Waals surface area contributed by atoms with Crippen molar-refractivity contribution in [2.24, 2.45) is 5.92 Å².